The SMILES string of the molecule is COCCn1c(N)nc(C)c1-c1ccc(Br)cc1. The molecular formula is C13H16BrN3O. The van der Waals surface area contributed by atoms with Crippen LogP contribution >= 0.6 is 15.9 Å². The first kappa shape index (κ1) is 13.1. The maximum atomic E-state index is 5.94. The lowest BCUT2D eigenvalue weighted by Gasteiger charge is -2.10. The minimum Gasteiger partial charge on any atom is -0.383 e. The third-order valence-corrected chi connectivity index (χ3v) is 3.34. The molecule has 0 radical (unpaired) electrons. The number of halogens is 1. The van der Waals surface area contributed by atoms with Gasteiger partial charge in [-0.2, -0.15) is 0 Å². The molecule has 1 heterocycles. The van der Waals surface area contributed by atoms with Crippen LogP contribution in [-0.2, 0) is 11.3 Å². The molecule has 2 N–H and O–H groups in total. The van der Waals surface area contributed by atoms with E-state index in [-0.39, 0.29) is 0 Å². The van der Waals surface area contributed by atoms with Crippen molar-refractivity contribution >= 4 is 21.9 Å². The van der Waals surface area contributed by atoms with E-state index in [1.165, 1.54) is 0 Å². The van der Waals surface area contributed by atoms with Crippen LogP contribution in [0.1, 0.15) is 5.69 Å². The number of hydrogen-bond donors (Lipinski definition) is 1. The van der Waals surface area contributed by atoms with E-state index < -0.39 is 0 Å². The summed E-state index contributed by atoms with van der Waals surface area (Å²) in [5.74, 6) is 0.530. The number of rotatable bonds is 4. The highest BCUT2D eigenvalue weighted by atomic mass is 79.9. The Hall–Kier alpha value is -1.33. The van der Waals surface area contributed by atoms with Gasteiger partial charge < -0.3 is 15.0 Å². The lowest BCUT2D eigenvalue weighted by atomic mass is 10.1. The molecule has 2 aromatic rings. The van der Waals surface area contributed by atoms with Crippen LogP contribution < -0.4 is 5.73 Å². The van der Waals surface area contributed by atoms with Crippen molar-refractivity contribution in [3.05, 3.63) is 34.4 Å². The molecule has 0 aliphatic rings. The molecule has 0 atom stereocenters. The van der Waals surface area contributed by atoms with Crippen molar-refractivity contribution < 1.29 is 4.74 Å². The molecule has 18 heavy (non-hydrogen) atoms. The lowest BCUT2D eigenvalue weighted by Crippen LogP contribution is -2.09. The summed E-state index contributed by atoms with van der Waals surface area (Å²) in [4.78, 5) is 4.34. The van der Waals surface area contributed by atoms with Crippen molar-refractivity contribution in [1.82, 2.24) is 9.55 Å². The van der Waals surface area contributed by atoms with E-state index in [1.54, 1.807) is 7.11 Å². The maximum absolute atomic E-state index is 5.94. The summed E-state index contributed by atoms with van der Waals surface area (Å²) in [6.07, 6.45) is 0. The van der Waals surface area contributed by atoms with Crippen molar-refractivity contribution in [2.45, 2.75) is 13.5 Å². The van der Waals surface area contributed by atoms with Gasteiger partial charge in [-0.3, -0.25) is 0 Å². The summed E-state index contributed by atoms with van der Waals surface area (Å²) in [5.41, 5.74) is 9.03. The van der Waals surface area contributed by atoms with Crippen LogP contribution in [0, 0.1) is 6.92 Å². The van der Waals surface area contributed by atoms with Gasteiger partial charge in [0.15, 0.2) is 0 Å². The zero-order valence-corrected chi connectivity index (χ0v) is 12.1. The van der Waals surface area contributed by atoms with Crippen molar-refractivity contribution in [3.8, 4) is 11.3 Å². The normalized spacial score (nSPS) is 10.8. The smallest absolute Gasteiger partial charge is 0.200 e. The first-order chi connectivity index (χ1) is 8.63. The quantitative estimate of drug-likeness (QED) is 0.945. The number of methoxy groups -OCH3 is 1. The number of nitrogens with zero attached hydrogens (tertiary/aromatic N) is 2. The molecule has 0 fully saturated rings. The van der Waals surface area contributed by atoms with Crippen LogP contribution in [0.25, 0.3) is 11.3 Å². The molecule has 96 valence electrons. The van der Waals surface area contributed by atoms with Crippen LogP contribution in [0.5, 0.6) is 0 Å². The van der Waals surface area contributed by atoms with E-state index in [2.05, 4.69) is 33.0 Å². The molecule has 0 aliphatic carbocycles. The molecule has 5 heteroatoms. The van der Waals surface area contributed by atoms with Crippen molar-refractivity contribution in [2.75, 3.05) is 19.5 Å². The molecule has 1 aromatic carbocycles. The number of aryl methyl sites for hydroxylation is 1. The second-order valence-corrected chi connectivity index (χ2v) is 4.97. The molecule has 0 saturated carbocycles. The van der Waals surface area contributed by atoms with Gasteiger partial charge in [0.05, 0.1) is 18.0 Å². The summed E-state index contributed by atoms with van der Waals surface area (Å²) in [7, 11) is 1.68. The van der Waals surface area contributed by atoms with Crippen molar-refractivity contribution in [3.63, 3.8) is 0 Å². The van der Waals surface area contributed by atoms with Gasteiger partial charge in [0.2, 0.25) is 5.95 Å². The molecule has 0 unspecified atom stereocenters. The number of benzene rings is 1. The number of anilines is 1. The molecule has 2 rings (SSSR count). The van der Waals surface area contributed by atoms with Crippen LogP contribution in [0.15, 0.2) is 28.7 Å². The average Bonchev–Trinajstić information content (AvgIpc) is 2.62. The van der Waals surface area contributed by atoms with E-state index >= 15 is 0 Å². The first-order valence-electron chi connectivity index (χ1n) is 5.71. The first-order valence-corrected chi connectivity index (χ1v) is 6.50. The maximum Gasteiger partial charge on any atom is 0.200 e. The molecular weight excluding hydrogens is 294 g/mol. The van der Waals surface area contributed by atoms with Gasteiger partial charge in [-0.25, -0.2) is 4.98 Å². The fourth-order valence-corrected chi connectivity index (χ4v) is 2.24. The fraction of sp³-hybridized carbons (Fsp3) is 0.308. The van der Waals surface area contributed by atoms with E-state index in [1.807, 2.05) is 23.6 Å². The van der Waals surface area contributed by atoms with E-state index in [9.17, 15) is 0 Å². The number of nitrogens with two attached hydrogens (primary N) is 1. The second kappa shape index (κ2) is 5.54. The van der Waals surface area contributed by atoms with Gasteiger partial charge in [-0.1, -0.05) is 28.1 Å². The van der Waals surface area contributed by atoms with Gasteiger partial charge in [0, 0.05) is 23.7 Å². The van der Waals surface area contributed by atoms with E-state index in [0.29, 0.717) is 19.1 Å². The molecule has 4 nitrogen and oxygen atoms in total. The lowest BCUT2D eigenvalue weighted by molar-refractivity contribution is 0.188. The average molecular weight is 310 g/mol. The Morgan fingerprint density at radius 3 is 2.61 bits per heavy atom. The van der Waals surface area contributed by atoms with E-state index in [0.717, 1.165) is 21.4 Å². The monoisotopic (exact) mass is 309 g/mol. The van der Waals surface area contributed by atoms with Gasteiger partial charge in [-0.05, 0) is 19.1 Å². The third-order valence-electron chi connectivity index (χ3n) is 2.81. The number of imidazole rings is 1. The number of hydrogen-bond acceptors (Lipinski definition) is 3. The third kappa shape index (κ3) is 2.57. The summed E-state index contributed by atoms with van der Waals surface area (Å²) in [6.45, 7) is 3.29. The molecule has 0 spiro atoms. The number of aromatic nitrogens is 2. The Bertz CT molecular complexity index is 534. The van der Waals surface area contributed by atoms with E-state index in [4.69, 9.17) is 10.5 Å². The molecule has 1 aromatic heterocycles. The summed E-state index contributed by atoms with van der Waals surface area (Å²) in [6, 6.07) is 8.13. The molecule has 0 amide bonds. The number of ether oxygens (including phenoxy) is 1. The minimum atomic E-state index is 0.530. The Kier molecular flexibility index (Phi) is 4.04. The van der Waals surface area contributed by atoms with Gasteiger partial charge in [0.1, 0.15) is 0 Å². The zero-order valence-electron chi connectivity index (χ0n) is 10.5. The summed E-state index contributed by atoms with van der Waals surface area (Å²) < 4.78 is 8.15. The number of nitrogen functional groups attached to an aromatic ring is 1. The summed E-state index contributed by atoms with van der Waals surface area (Å²) in [5, 5.41) is 0. The topological polar surface area (TPSA) is 53.1 Å². The van der Waals surface area contributed by atoms with Gasteiger partial charge in [-0.15, -0.1) is 0 Å². The zero-order chi connectivity index (χ0) is 13.1. The van der Waals surface area contributed by atoms with Crippen molar-refractivity contribution in [2.24, 2.45) is 0 Å². The van der Waals surface area contributed by atoms with Gasteiger partial charge in [0.25, 0.3) is 0 Å². The van der Waals surface area contributed by atoms with Crippen molar-refractivity contribution in [1.29, 1.82) is 0 Å². The highest BCUT2D eigenvalue weighted by Gasteiger charge is 2.13. The minimum absolute atomic E-state index is 0.530. The van der Waals surface area contributed by atoms with Crippen LogP contribution in [0.3, 0.4) is 0 Å². The van der Waals surface area contributed by atoms with Gasteiger partial charge >= 0.3 is 0 Å². The Labute approximate surface area is 115 Å². The predicted octanol–water partition coefficient (Wildman–Crippen LogP) is 2.85. The molecule has 0 bridgehead atoms. The molecule has 0 aliphatic heterocycles. The Morgan fingerprint density at radius 1 is 1.33 bits per heavy atom. The van der Waals surface area contributed by atoms with Crippen LogP contribution in [-0.4, -0.2) is 23.3 Å². The Balaban J connectivity index is 2.45. The summed E-state index contributed by atoms with van der Waals surface area (Å²) >= 11 is 3.44. The molecule has 0 saturated heterocycles. The largest absolute Gasteiger partial charge is 0.383 e. The predicted molar refractivity (Wildman–Crippen MR) is 76.4 cm³/mol. The standard InChI is InChI=1S/C13H16BrN3O/c1-9-12(10-3-5-11(14)6-4-10)17(7-8-18-2)13(15)16-9/h3-6H,7-8H2,1-2H3,(H2,15,16). The second-order valence-electron chi connectivity index (χ2n) is 4.06. The van der Waals surface area contributed by atoms with Crippen LogP contribution in [0.4, 0.5) is 5.95 Å². The van der Waals surface area contributed by atoms with Crippen LogP contribution in [0.2, 0.25) is 0 Å². The Morgan fingerprint density at radius 2 is 2.00 bits per heavy atom. The highest BCUT2D eigenvalue weighted by Crippen LogP contribution is 2.27. The highest BCUT2D eigenvalue weighted by molar-refractivity contribution is 9.10. The fourth-order valence-electron chi connectivity index (χ4n) is 1.98.